The van der Waals surface area contributed by atoms with Crippen LogP contribution in [-0.4, -0.2) is 63.2 Å². The SMILES string of the molecule is NCC(=O)N1CCC(c2nnc(CN3CCCC3)n2C2CC2)CC1. The number of nitrogens with two attached hydrogens (primary N) is 1. The Morgan fingerprint density at radius 2 is 1.75 bits per heavy atom. The van der Waals surface area contributed by atoms with Gasteiger partial charge in [-0.15, -0.1) is 10.2 Å². The molecule has 7 heteroatoms. The van der Waals surface area contributed by atoms with E-state index in [0.29, 0.717) is 12.0 Å². The summed E-state index contributed by atoms with van der Waals surface area (Å²) in [4.78, 5) is 16.1. The van der Waals surface area contributed by atoms with Crippen molar-refractivity contribution in [3.63, 3.8) is 0 Å². The van der Waals surface area contributed by atoms with Gasteiger partial charge in [0.25, 0.3) is 0 Å². The van der Waals surface area contributed by atoms with Gasteiger partial charge < -0.3 is 15.2 Å². The molecule has 0 unspecified atom stereocenters. The summed E-state index contributed by atoms with van der Waals surface area (Å²) in [6, 6.07) is 0.608. The molecule has 1 aromatic rings. The number of amides is 1. The number of rotatable bonds is 5. The van der Waals surface area contributed by atoms with E-state index >= 15 is 0 Å². The van der Waals surface area contributed by atoms with E-state index in [1.165, 1.54) is 38.8 Å². The molecule has 2 saturated heterocycles. The van der Waals surface area contributed by atoms with E-state index in [-0.39, 0.29) is 12.5 Å². The molecule has 0 atom stereocenters. The Kier molecular flexibility index (Phi) is 4.54. The predicted octanol–water partition coefficient (Wildman–Crippen LogP) is 0.873. The smallest absolute Gasteiger partial charge is 0.236 e. The molecule has 3 fully saturated rings. The third kappa shape index (κ3) is 3.19. The van der Waals surface area contributed by atoms with Crippen molar-refractivity contribution in [3.05, 3.63) is 11.6 Å². The van der Waals surface area contributed by atoms with E-state index in [1.54, 1.807) is 0 Å². The molecule has 0 aromatic carbocycles. The summed E-state index contributed by atoms with van der Waals surface area (Å²) >= 11 is 0. The average Bonchev–Trinajstić information content (AvgIpc) is 3.16. The van der Waals surface area contributed by atoms with Gasteiger partial charge in [-0.2, -0.15) is 0 Å². The Morgan fingerprint density at radius 3 is 2.38 bits per heavy atom. The molecule has 1 aromatic heterocycles. The summed E-state index contributed by atoms with van der Waals surface area (Å²) < 4.78 is 2.43. The van der Waals surface area contributed by atoms with Crippen LogP contribution in [-0.2, 0) is 11.3 Å². The molecule has 24 heavy (non-hydrogen) atoms. The van der Waals surface area contributed by atoms with Gasteiger partial charge in [-0.25, -0.2) is 0 Å². The fourth-order valence-electron chi connectivity index (χ4n) is 4.11. The van der Waals surface area contributed by atoms with Gasteiger partial charge in [0.1, 0.15) is 11.6 Å². The normalized spacial score (nSPS) is 23.1. The first-order valence-electron chi connectivity index (χ1n) is 9.40. The van der Waals surface area contributed by atoms with Gasteiger partial charge in [0.15, 0.2) is 0 Å². The zero-order valence-electron chi connectivity index (χ0n) is 14.4. The van der Waals surface area contributed by atoms with Gasteiger partial charge in [0, 0.05) is 25.0 Å². The lowest BCUT2D eigenvalue weighted by Gasteiger charge is -2.31. The second kappa shape index (κ2) is 6.80. The van der Waals surface area contributed by atoms with Crippen LogP contribution >= 0.6 is 0 Å². The van der Waals surface area contributed by atoms with E-state index in [2.05, 4.69) is 19.7 Å². The molecule has 1 aliphatic carbocycles. The number of likely N-dealkylation sites (tertiary alicyclic amines) is 2. The predicted molar refractivity (Wildman–Crippen MR) is 90.4 cm³/mol. The Balaban J connectivity index is 1.47. The fraction of sp³-hybridized carbons (Fsp3) is 0.824. The van der Waals surface area contributed by atoms with E-state index in [9.17, 15) is 4.79 Å². The third-order valence-corrected chi connectivity index (χ3v) is 5.66. The van der Waals surface area contributed by atoms with Crippen molar-refractivity contribution >= 4 is 5.91 Å². The highest BCUT2D eigenvalue weighted by Gasteiger charge is 2.34. The standard InChI is InChI=1S/C17H28N6O/c18-11-16(24)22-9-5-13(6-10-22)17-20-19-15(23(17)14-3-4-14)12-21-7-1-2-8-21/h13-14H,1-12,18H2. The van der Waals surface area contributed by atoms with Gasteiger partial charge in [-0.3, -0.25) is 9.69 Å². The summed E-state index contributed by atoms with van der Waals surface area (Å²) in [6.45, 7) is 5.01. The molecule has 0 bridgehead atoms. The monoisotopic (exact) mass is 332 g/mol. The topological polar surface area (TPSA) is 80.3 Å². The number of hydrogen-bond donors (Lipinski definition) is 1. The maximum absolute atomic E-state index is 11.8. The third-order valence-electron chi connectivity index (χ3n) is 5.66. The molecule has 4 rings (SSSR count). The Morgan fingerprint density at radius 1 is 1.04 bits per heavy atom. The molecule has 1 amide bonds. The lowest BCUT2D eigenvalue weighted by molar-refractivity contribution is -0.130. The number of nitrogens with zero attached hydrogens (tertiary/aromatic N) is 5. The van der Waals surface area contributed by atoms with Gasteiger partial charge in [-0.1, -0.05) is 0 Å². The van der Waals surface area contributed by atoms with Crippen LogP contribution in [0.2, 0.25) is 0 Å². The lowest BCUT2D eigenvalue weighted by Crippen LogP contribution is -2.41. The number of hydrogen-bond acceptors (Lipinski definition) is 5. The van der Waals surface area contributed by atoms with E-state index in [4.69, 9.17) is 5.73 Å². The Bertz CT molecular complexity index is 582. The highest BCUT2D eigenvalue weighted by molar-refractivity contribution is 5.78. The van der Waals surface area contributed by atoms with Crippen molar-refractivity contribution in [2.45, 2.75) is 57.0 Å². The van der Waals surface area contributed by atoms with Crippen LogP contribution in [0.4, 0.5) is 0 Å². The molecule has 0 spiro atoms. The maximum Gasteiger partial charge on any atom is 0.236 e. The summed E-state index contributed by atoms with van der Waals surface area (Å²) in [7, 11) is 0. The van der Waals surface area contributed by atoms with Crippen LogP contribution < -0.4 is 5.73 Å². The molecule has 0 radical (unpaired) electrons. The highest BCUT2D eigenvalue weighted by Crippen LogP contribution is 2.40. The van der Waals surface area contributed by atoms with Crippen LogP contribution in [0.3, 0.4) is 0 Å². The van der Waals surface area contributed by atoms with Gasteiger partial charge in [-0.05, 0) is 51.6 Å². The fourth-order valence-corrected chi connectivity index (χ4v) is 4.11. The largest absolute Gasteiger partial charge is 0.342 e. The van der Waals surface area contributed by atoms with Crippen molar-refractivity contribution in [2.75, 3.05) is 32.7 Å². The number of aromatic nitrogens is 3. The Labute approximate surface area is 143 Å². The Hall–Kier alpha value is -1.47. The summed E-state index contributed by atoms with van der Waals surface area (Å²) in [5, 5.41) is 9.15. The minimum atomic E-state index is 0.0619. The molecular weight excluding hydrogens is 304 g/mol. The van der Waals surface area contributed by atoms with Gasteiger partial charge in [0.2, 0.25) is 5.91 Å². The summed E-state index contributed by atoms with van der Waals surface area (Å²) in [5.41, 5.74) is 5.48. The van der Waals surface area contributed by atoms with E-state index in [0.717, 1.165) is 44.1 Å². The van der Waals surface area contributed by atoms with E-state index in [1.807, 2.05) is 4.90 Å². The second-order valence-electron chi connectivity index (χ2n) is 7.42. The quantitative estimate of drug-likeness (QED) is 0.865. The highest BCUT2D eigenvalue weighted by atomic mass is 16.2. The molecule has 7 nitrogen and oxygen atoms in total. The minimum absolute atomic E-state index is 0.0619. The number of piperidine rings is 1. The summed E-state index contributed by atoms with van der Waals surface area (Å²) in [6.07, 6.45) is 7.06. The van der Waals surface area contributed by atoms with Crippen LogP contribution in [0, 0.1) is 0 Å². The van der Waals surface area contributed by atoms with E-state index < -0.39 is 0 Å². The van der Waals surface area contributed by atoms with Crippen LogP contribution in [0.25, 0.3) is 0 Å². The molecule has 3 heterocycles. The zero-order valence-corrected chi connectivity index (χ0v) is 14.4. The van der Waals surface area contributed by atoms with Gasteiger partial charge in [0.05, 0.1) is 13.1 Å². The van der Waals surface area contributed by atoms with Gasteiger partial charge >= 0.3 is 0 Å². The van der Waals surface area contributed by atoms with Crippen molar-refractivity contribution in [1.29, 1.82) is 0 Å². The molecule has 2 aliphatic heterocycles. The van der Waals surface area contributed by atoms with Crippen molar-refractivity contribution < 1.29 is 4.79 Å². The first-order valence-corrected chi connectivity index (χ1v) is 9.40. The second-order valence-corrected chi connectivity index (χ2v) is 7.42. The lowest BCUT2D eigenvalue weighted by atomic mass is 9.95. The van der Waals surface area contributed by atoms with Crippen molar-refractivity contribution in [3.8, 4) is 0 Å². The number of carbonyl (C=O) groups is 1. The molecule has 2 N–H and O–H groups in total. The maximum atomic E-state index is 11.8. The molecule has 3 aliphatic rings. The summed E-state index contributed by atoms with van der Waals surface area (Å²) in [5.74, 6) is 2.79. The molecular formula is C17H28N6O. The first kappa shape index (κ1) is 16.0. The molecule has 132 valence electrons. The van der Waals surface area contributed by atoms with Crippen molar-refractivity contribution in [2.24, 2.45) is 5.73 Å². The van der Waals surface area contributed by atoms with Crippen molar-refractivity contribution in [1.82, 2.24) is 24.6 Å². The average molecular weight is 332 g/mol. The molecule has 1 saturated carbocycles. The number of carbonyl (C=O) groups excluding carboxylic acids is 1. The minimum Gasteiger partial charge on any atom is -0.342 e. The first-order chi connectivity index (χ1) is 11.8. The van der Waals surface area contributed by atoms with Crippen LogP contribution in [0.5, 0.6) is 0 Å². The van der Waals surface area contributed by atoms with Crippen LogP contribution in [0.15, 0.2) is 0 Å². The van der Waals surface area contributed by atoms with Crippen LogP contribution in [0.1, 0.15) is 62.1 Å². The zero-order chi connectivity index (χ0) is 16.5.